The molecular weight excluding hydrogens is 150 g/mol. The predicted molar refractivity (Wildman–Crippen MR) is 50.0 cm³/mol. The van der Waals surface area contributed by atoms with E-state index >= 15 is 0 Å². The van der Waals surface area contributed by atoms with Crippen LogP contribution in [0.5, 0.6) is 0 Å². The summed E-state index contributed by atoms with van der Waals surface area (Å²) < 4.78 is 2.18. The highest BCUT2D eigenvalue weighted by molar-refractivity contribution is 4.97. The fraction of sp³-hybridized carbons (Fsp3) is 0.667. The lowest BCUT2D eigenvalue weighted by atomic mass is 10.2. The van der Waals surface area contributed by atoms with E-state index in [2.05, 4.69) is 23.4 Å². The molecule has 0 saturated heterocycles. The van der Waals surface area contributed by atoms with Gasteiger partial charge in [0.1, 0.15) is 5.82 Å². The van der Waals surface area contributed by atoms with Crippen molar-refractivity contribution in [3.8, 4) is 0 Å². The van der Waals surface area contributed by atoms with Crippen LogP contribution in [0.2, 0.25) is 0 Å². The minimum absolute atomic E-state index is 0.498. The van der Waals surface area contributed by atoms with E-state index in [0.29, 0.717) is 5.92 Å². The summed E-state index contributed by atoms with van der Waals surface area (Å²) in [5.41, 5.74) is 5.44. The van der Waals surface area contributed by atoms with Gasteiger partial charge in [-0.25, -0.2) is 4.98 Å². The van der Waals surface area contributed by atoms with Gasteiger partial charge in [-0.15, -0.1) is 0 Å². The Kier molecular flexibility index (Phi) is 3.29. The zero-order valence-corrected chi connectivity index (χ0v) is 7.83. The highest BCUT2D eigenvalue weighted by atomic mass is 15.1. The van der Waals surface area contributed by atoms with Crippen LogP contribution < -0.4 is 5.73 Å². The van der Waals surface area contributed by atoms with Crippen molar-refractivity contribution in [2.45, 2.75) is 32.7 Å². The number of nitrogens with zero attached hydrogens (tertiary/aromatic N) is 2. The van der Waals surface area contributed by atoms with Crippen LogP contribution in [-0.4, -0.2) is 16.1 Å². The smallest absolute Gasteiger partial charge is 0.111 e. The lowest BCUT2D eigenvalue weighted by Gasteiger charge is -2.08. The second-order valence-corrected chi connectivity index (χ2v) is 3.28. The largest absolute Gasteiger partial charge is 0.335 e. The summed E-state index contributed by atoms with van der Waals surface area (Å²) in [6.45, 7) is 6.04. The number of aromatic nitrogens is 2. The first-order valence-corrected chi connectivity index (χ1v) is 4.46. The van der Waals surface area contributed by atoms with Crippen LogP contribution in [0.3, 0.4) is 0 Å². The molecule has 1 aromatic heterocycles. The number of rotatable bonds is 4. The van der Waals surface area contributed by atoms with Crippen LogP contribution >= 0.6 is 0 Å². The van der Waals surface area contributed by atoms with Crippen LogP contribution in [-0.2, 0) is 6.54 Å². The Balaban J connectivity index is 2.64. The highest BCUT2D eigenvalue weighted by Gasteiger charge is 2.05. The Morgan fingerprint density at radius 3 is 2.92 bits per heavy atom. The van der Waals surface area contributed by atoms with E-state index < -0.39 is 0 Å². The molecule has 0 aliphatic heterocycles. The van der Waals surface area contributed by atoms with Gasteiger partial charge >= 0.3 is 0 Å². The first kappa shape index (κ1) is 9.26. The summed E-state index contributed by atoms with van der Waals surface area (Å²) in [5, 5.41) is 0. The topological polar surface area (TPSA) is 43.8 Å². The summed E-state index contributed by atoms with van der Waals surface area (Å²) in [7, 11) is 0. The Morgan fingerprint density at radius 1 is 1.58 bits per heavy atom. The third kappa shape index (κ3) is 2.08. The molecule has 1 rings (SSSR count). The Labute approximate surface area is 73.6 Å². The molecule has 0 amide bonds. The molecule has 1 aromatic rings. The van der Waals surface area contributed by atoms with Crippen LogP contribution in [0.25, 0.3) is 0 Å². The van der Waals surface area contributed by atoms with E-state index in [1.165, 1.54) is 0 Å². The van der Waals surface area contributed by atoms with Gasteiger partial charge < -0.3 is 10.3 Å². The number of hydrogen-bond acceptors (Lipinski definition) is 2. The molecule has 0 aliphatic rings. The van der Waals surface area contributed by atoms with Gasteiger partial charge in [-0.3, -0.25) is 0 Å². The van der Waals surface area contributed by atoms with Gasteiger partial charge in [-0.2, -0.15) is 0 Å². The van der Waals surface area contributed by atoms with E-state index in [9.17, 15) is 0 Å². The zero-order chi connectivity index (χ0) is 8.97. The zero-order valence-electron chi connectivity index (χ0n) is 7.83. The summed E-state index contributed by atoms with van der Waals surface area (Å²) in [6, 6.07) is 0. The van der Waals surface area contributed by atoms with Gasteiger partial charge in [0, 0.05) is 24.9 Å². The number of imidazole rings is 1. The van der Waals surface area contributed by atoms with E-state index in [-0.39, 0.29) is 0 Å². The third-order valence-corrected chi connectivity index (χ3v) is 1.87. The van der Waals surface area contributed by atoms with Gasteiger partial charge in [0.25, 0.3) is 0 Å². The van der Waals surface area contributed by atoms with Crippen molar-refractivity contribution < 1.29 is 0 Å². The highest BCUT2D eigenvalue weighted by Crippen LogP contribution is 2.11. The maximum Gasteiger partial charge on any atom is 0.111 e. The Hall–Kier alpha value is -0.830. The number of nitrogens with two attached hydrogens (primary N) is 1. The fourth-order valence-corrected chi connectivity index (χ4v) is 1.27. The van der Waals surface area contributed by atoms with Crippen molar-refractivity contribution in [3.63, 3.8) is 0 Å². The van der Waals surface area contributed by atoms with Crippen LogP contribution in [0.1, 0.15) is 32.0 Å². The second-order valence-electron chi connectivity index (χ2n) is 3.28. The minimum Gasteiger partial charge on any atom is -0.335 e. The van der Waals surface area contributed by atoms with Gasteiger partial charge in [-0.05, 0) is 13.0 Å². The SMILES string of the molecule is CC(C)c1nccn1CCCN. The van der Waals surface area contributed by atoms with Crippen molar-refractivity contribution in [2.75, 3.05) is 6.54 Å². The molecule has 0 unspecified atom stereocenters. The van der Waals surface area contributed by atoms with Gasteiger partial charge in [0.05, 0.1) is 0 Å². The van der Waals surface area contributed by atoms with Gasteiger partial charge in [0.2, 0.25) is 0 Å². The molecule has 3 nitrogen and oxygen atoms in total. The maximum atomic E-state index is 5.44. The first-order valence-electron chi connectivity index (χ1n) is 4.46. The van der Waals surface area contributed by atoms with Crippen molar-refractivity contribution in [1.82, 2.24) is 9.55 Å². The molecule has 0 aromatic carbocycles. The second kappa shape index (κ2) is 4.26. The molecule has 0 atom stereocenters. The molecule has 0 aliphatic carbocycles. The molecule has 1 heterocycles. The van der Waals surface area contributed by atoms with Crippen molar-refractivity contribution in [3.05, 3.63) is 18.2 Å². The Morgan fingerprint density at radius 2 is 2.33 bits per heavy atom. The third-order valence-electron chi connectivity index (χ3n) is 1.87. The molecule has 3 heteroatoms. The first-order chi connectivity index (χ1) is 5.75. The molecule has 0 fully saturated rings. The van der Waals surface area contributed by atoms with Gasteiger partial charge in [0.15, 0.2) is 0 Å². The van der Waals surface area contributed by atoms with Crippen LogP contribution in [0.4, 0.5) is 0 Å². The maximum absolute atomic E-state index is 5.44. The molecule has 0 spiro atoms. The summed E-state index contributed by atoms with van der Waals surface area (Å²) in [6.07, 6.45) is 4.90. The van der Waals surface area contributed by atoms with E-state index in [4.69, 9.17) is 5.73 Å². The van der Waals surface area contributed by atoms with Crippen molar-refractivity contribution in [1.29, 1.82) is 0 Å². The molecule has 12 heavy (non-hydrogen) atoms. The number of hydrogen-bond donors (Lipinski definition) is 1. The monoisotopic (exact) mass is 167 g/mol. The van der Waals surface area contributed by atoms with Crippen molar-refractivity contribution in [2.24, 2.45) is 5.73 Å². The molecule has 0 bridgehead atoms. The fourth-order valence-electron chi connectivity index (χ4n) is 1.27. The van der Waals surface area contributed by atoms with E-state index in [1.807, 2.05) is 12.4 Å². The predicted octanol–water partition coefficient (Wildman–Crippen LogP) is 1.36. The minimum atomic E-state index is 0.498. The molecular formula is C9H17N3. The summed E-state index contributed by atoms with van der Waals surface area (Å²) in [5.74, 6) is 1.65. The number of aryl methyl sites for hydroxylation is 1. The molecule has 0 radical (unpaired) electrons. The lowest BCUT2D eigenvalue weighted by Crippen LogP contribution is -2.08. The van der Waals surface area contributed by atoms with Crippen molar-refractivity contribution >= 4 is 0 Å². The average Bonchev–Trinajstić information content (AvgIpc) is 2.48. The quantitative estimate of drug-likeness (QED) is 0.735. The lowest BCUT2D eigenvalue weighted by molar-refractivity contribution is 0.594. The summed E-state index contributed by atoms with van der Waals surface area (Å²) >= 11 is 0. The standard InChI is InChI=1S/C9H17N3/c1-8(2)9-11-5-7-12(9)6-3-4-10/h5,7-8H,3-4,6,10H2,1-2H3. The Bertz CT molecular complexity index is 227. The molecule has 0 saturated carbocycles. The normalized spacial score (nSPS) is 11.0. The molecule has 68 valence electrons. The van der Waals surface area contributed by atoms with E-state index in [1.54, 1.807) is 0 Å². The average molecular weight is 167 g/mol. The van der Waals surface area contributed by atoms with Crippen LogP contribution in [0.15, 0.2) is 12.4 Å². The van der Waals surface area contributed by atoms with Crippen LogP contribution in [0, 0.1) is 0 Å². The molecule has 2 N–H and O–H groups in total. The van der Waals surface area contributed by atoms with E-state index in [0.717, 1.165) is 25.3 Å². The van der Waals surface area contributed by atoms with Gasteiger partial charge in [-0.1, -0.05) is 13.8 Å². The summed E-state index contributed by atoms with van der Waals surface area (Å²) in [4.78, 5) is 4.29.